The second kappa shape index (κ2) is 12.1. The molecule has 6 nitrogen and oxygen atoms in total. The van der Waals surface area contributed by atoms with Gasteiger partial charge in [0.05, 0.1) is 22.3 Å². The monoisotopic (exact) mass is 494 g/mol. The van der Waals surface area contributed by atoms with Crippen molar-refractivity contribution in [2.45, 2.75) is 13.5 Å². The fraction of sp³-hybridized carbons (Fsp3) is 0.312. The molecule has 3 N–H and O–H groups in total. The van der Waals surface area contributed by atoms with E-state index in [1.165, 1.54) is 0 Å². The number of aromatic nitrogens is 2. The quantitative estimate of drug-likeness (QED) is 0.237. The number of aliphatic imine (C=N–C) groups is 1. The first-order valence-corrected chi connectivity index (χ1v) is 8.41. The predicted molar refractivity (Wildman–Crippen MR) is 115 cm³/mol. The maximum atomic E-state index is 6.07. The summed E-state index contributed by atoms with van der Waals surface area (Å²) in [4.78, 5) is 12.9. The van der Waals surface area contributed by atoms with Crippen molar-refractivity contribution in [3.8, 4) is 0 Å². The van der Waals surface area contributed by atoms with Gasteiger partial charge in [-0.2, -0.15) is 0 Å². The van der Waals surface area contributed by atoms with E-state index < -0.39 is 0 Å². The number of anilines is 1. The molecule has 25 heavy (non-hydrogen) atoms. The molecular weight excluding hydrogens is 474 g/mol. The third kappa shape index (κ3) is 8.06. The molecule has 0 aliphatic carbocycles. The van der Waals surface area contributed by atoms with Crippen molar-refractivity contribution < 1.29 is 0 Å². The molecule has 0 spiro atoms. The van der Waals surface area contributed by atoms with Gasteiger partial charge >= 0.3 is 0 Å². The molecule has 0 radical (unpaired) electrons. The van der Waals surface area contributed by atoms with E-state index in [1.807, 2.05) is 25.1 Å². The van der Waals surface area contributed by atoms with Crippen molar-refractivity contribution in [1.82, 2.24) is 20.6 Å². The number of rotatable bonds is 7. The van der Waals surface area contributed by atoms with Crippen molar-refractivity contribution in [3.63, 3.8) is 0 Å². The zero-order chi connectivity index (χ0) is 17.2. The molecule has 0 fully saturated rings. The molecular formula is C16H21Cl2IN6. The molecule has 2 aromatic heterocycles. The summed E-state index contributed by atoms with van der Waals surface area (Å²) < 4.78 is 0. The van der Waals surface area contributed by atoms with Crippen molar-refractivity contribution in [2.24, 2.45) is 4.99 Å². The van der Waals surface area contributed by atoms with Gasteiger partial charge in [0.1, 0.15) is 5.82 Å². The lowest BCUT2D eigenvalue weighted by Gasteiger charge is -2.12. The molecule has 0 aliphatic heterocycles. The fourth-order valence-electron chi connectivity index (χ4n) is 1.90. The van der Waals surface area contributed by atoms with Crippen LogP contribution in [0, 0.1) is 0 Å². The van der Waals surface area contributed by atoms with Gasteiger partial charge in [0, 0.05) is 32.0 Å². The molecule has 2 aromatic rings. The van der Waals surface area contributed by atoms with Gasteiger partial charge in [0.25, 0.3) is 0 Å². The standard InChI is InChI=1S/C16H20Cl2N6.HI/c1-2-19-16(24-11-13-5-3-4-6-20-13)22-8-7-21-15-14(18)9-12(17)10-23-15;/h3-6,9-10H,2,7-8,11H2,1H3,(H,21,23)(H2,19,22,24);1H. The number of guanidine groups is 1. The molecule has 0 aromatic carbocycles. The minimum atomic E-state index is 0. The van der Waals surface area contributed by atoms with E-state index in [1.54, 1.807) is 18.5 Å². The fourth-order valence-corrected chi connectivity index (χ4v) is 2.35. The number of hydrogen-bond donors (Lipinski definition) is 3. The van der Waals surface area contributed by atoms with Gasteiger partial charge in [-0.1, -0.05) is 29.3 Å². The average Bonchev–Trinajstić information content (AvgIpc) is 2.59. The van der Waals surface area contributed by atoms with Crippen LogP contribution in [0.1, 0.15) is 12.6 Å². The van der Waals surface area contributed by atoms with Crippen LogP contribution in [0.4, 0.5) is 5.82 Å². The lowest BCUT2D eigenvalue weighted by molar-refractivity contribution is 0.814. The zero-order valence-electron chi connectivity index (χ0n) is 13.8. The van der Waals surface area contributed by atoms with E-state index in [-0.39, 0.29) is 24.0 Å². The van der Waals surface area contributed by atoms with E-state index in [9.17, 15) is 0 Å². The summed E-state index contributed by atoms with van der Waals surface area (Å²) in [6.07, 6.45) is 3.32. The maximum Gasteiger partial charge on any atom is 0.191 e. The number of pyridine rings is 2. The highest BCUT2D eigenvalue weighted by Crippen LogP contribution is 2.21. The minimum Gasteiger partial charge on any atom is -0.367 e. The molecule has 0 aliphatic rings. The van der Waals surface area contributed by atoms with Gasteiger partial charge in [0.15, 0.2) is 5.96 Å². The number of hydrogen-bond acceptors (Lipinski definition) is 4. The molecule has 0 saturated carbocycles. The largest absolute Gasteiger partial charge is 0.367 e. The third-order valence-corrected chi connectivity index (χ3v) is 3.48. The number of halogens is 3. The summed E-state index contributed by atoms with van der Waals surface area (Å²) in [5.74, 6) is 1.35. The van der Waals surface area contributed by atoms with E-state index in [0.29, 0.717) is 35.5 Å². The first-order valence-electron chi connectivity index (χ1n) is 7.66. The second-order valence-corrected chi connectivity index (χ2v) is 5.70. The summed E-state index contributed by atoms with van der Waals surface area (Å²) >= 11 is 11.9. The Morgan fingerprint density at radius 2 is 2.00 bits per heavy atom. The maximum absolute atomic E-state index is 6.07. The number of nitrogens with one attached hydrogen (secondary N) is 3. The molecule has 0 amide bonds. The summed E-state index contributed by atoms with van der Waals surface area (Å²) in [5.41, 5.74) is 0.921. The Hall–Kier alpha value is -1.32. The Morgan fingerprint density at radius 3 is 2.68 bits per heavy atom. The molecule has 2 rings (SSSR count). The normalized spacial score (nSPS) is 10.8. The second-order valence-electron chi connectivity index (χ2n) is 4.85. The molecule has 0 atom stereocenters. The molecule has 0 unspecified atom stereocenters. The Morgan fingerprint density at radius 1 is 1.16 bits per heavy atom. The van der Waals surface area contributed by atoms with Crippen molar-refractivity contribution in [3.05, 3.63) is 52.4 Å². The topological polar surface area (TPSA) is 74.2 Å². The SMILES string of the molecule is CCNC(=NCc1ccccn1)NCCNc1ncc(Cl)cc1Cl.I. The minimum absolute atomic E-state index is 0. The third-order valence-electron chi connectivity index (χ3n) is 2.99. The van der Waals surface area contributed by atoms with E-state index >= 15 is 0 Å². The zero-order valence-corrected chi connectivity index (χ0v) is 17.6. The van der Waals surface area contributed by atoms with Crippen LogP contribution >= 0.6 is 47.2 Å². The highest BCUT2D eigenvalue weighted by Gasteiger charge is 2.02. The average molecular weight is 495 g/mol. The van der Waals surface area contributed by atoms with Gasteiger partial charge in [-0.25, -0.2) is 9.98 Å². The van der Waals surface area contributed by atoms with Gasteiger partial charge in [-0.15, -0.1) is 24.0 Å². The first kappa shape index (κ1) is 21.7. The van der Waals surface area contributed by atoms with Crippen molar-refractivity contribution >= 4 is 59.0 Å². The highest BCUT2D eigenvalue weighted by molar-refractivity contribution is 14.0. The van der Waals surface area contributed by atoms with Gasteiger partial charge in [0.2, 0.25) is 0 Å². The van der Waals surface area contributed by atoms with Crippen LogP contribution in [-0.4, -0.2) is 35.6 Å². The predicted octanol–water partition coefficient (Wildman–Crippen LogP) is 3.57. The van der Waals surface area contributed by atoms with Crippen LogP contribution in [0.25, 0.3) is 0 Å². The molecule has 0 bridgehead atoms. The van der Waals surface area contributed by atoms with Gasteiger partial charge in [-0.3, -0.25) is 4.98 Å². The Balaban J connectivity index is 0.00000312. The summed E-state index contributed by atoms with van der Waals surface area (Å²) in [5, 5.41) is 10.6. The Labute approximate surface area is 174 Å². The van der Waals surface area contributed by atoms with E-state index in [0.717, 1.165) is 18.2 Å². The van der Waals surface area contributed by atoms with Crippen LogP contribution in [0.5, 0.6) is 0 Å². The first-order chi connectivity index (χ1) is 11.7. The molecule has 2 heterocycles. The Kier molecular flexibility index (Phi) is 10.5. The number of nitrogens with zero attached hydrogens (tertiary/aromatic N) is 3. The molecule has 0 saturated heterocycles. The highest BCUT2D eigenvalue weighted by atomic mass is 127. The van der Waals surface area contributed by atoms with Crippen LogP contribution in [0.2, 0.25) is 10.0 Å². The summed E-state index contributed by atoms with van der Waals surface area (Å²) in [7, 11) is 0. The molecule has 9 heteroatoms. The lowest BCUT2D eigenvalue weighted by atomic mass is 10.3. The van der Waals surface area contributed by atoms with E-state index in [2.05, 4.69) is 30.9 Å². The Bertz CT molecular complexity index is 669. The van der Waals surface area contributed by atoms with Crippen LogP contribution in [0.15, 0.2) is 41.7 Å². The van der Waals surface area contributed by atoms with Crippen LogP contribution < -0.4 is 16.0 Å². The summed E-state index contributed by atoms with van der Waals surface area (Å²) in [6.45, 7) is 4.63. The van der Waals surface area contributed by atoms with E-state index in [4.69, 9.17) is 23.2 Å². The molecule has 136 valence electrons. The van der Waals surface area contributed by atoms with Gasteiger partial charge < -0.3 is 16.0 Å². The van der Waals surface area contributed by atoms with Crippen molar-refractivity contribution in [2.75, 3.05) is 25.0 Å². The van der Waals surface area contributed by atoms with Crippen LogP contribution in [-0.2, 0) is 6.54 Å². The lowest BCUT2D eigenvalue weighted by Crippen LogP contribution is -2.39. The van der Waals surface area contributed by atoms with Crippen LogP contribution in [0.3, 0.4) is 0 Å². The smallest absolute Gasteiger partial charge is 0.191 e. The summed E-state index contributed by atoms with van der Waals surface area (Å²) in [6, 6.07) is 7.44. The van der Waals surface area contributed by atoms with Gasteiger partial charge in [-0.05, 0) is 25.1 Å². The van der Waals surface area contributed by atoms with Crippen molar-refractivity contribution in [1.29, 1.82) is 0 Å².